The fourth-order valence-corrected chi connectivity index (χ4v) is 9.48. The third-order valence-corrected chi connectivity index (χ3v) is 14.3. The van der Waals surface area contributed by atoms with Gasteiger partial charge in [-0.25, -0.2) is 0 Å². The first-order valence-electron chi connectivity index (χ1n) is 34.0. The highest BCUT2D eigenvalue weighted by Gasteiger charge is 2.14. The first-order valence-corrected chi connectivity index (χ1v) is 34.0. The molecule has 77 heavy (non-hydrogen) atoms. The molecule has 0 aliphatic rings. The molecule has 0 aliphatic carbocycles. The Morgan fingerprint density at radius 3 is 0.818 bits per heavy atom. The lowest BCUT2D eigenvalue weighted by atomic mass is 10.0. The summed E-state index contributed by atoms with van der Waals surface area (Å²) in [6.07, 6.45) is 66.9. The van der Waals surface area contributed by atoms with Gasteiger partial charge >= 0.3 is 17.9 Å². The monoisotopic (exact) mass is 1090 g/mol. The summed E-state index contributed by atoms with van der Waals surface area (Å²) in [7, 11) is 0. The number of unbranched alkanes of at least 4 members (excludes halogenated alkanes) is 42. The van der Waals surface area contributed by atoms with Crippen LogP contribution in [-0.4, -0.2) is 61.1 Å². The minimum atomic E-state index is -0.529. The third kappa shape index (κ3) is 76.2. The second-order valence-corrected chi connectivity index (χ2v) is 23.2. The maximum atomic E-state index is 12.1. The molecule has 1 unspecified atom stereocenters. The Hall–Kier alpha value is -1.93. The Morgan fingerprint density at radius 1 is 0.325 bits per heavy atom. The van der Waals surface area contributed by atoms with E-state index in [0.717, 1.165) is 32.1 Å². The SMILES string of the molecule is CCCCCCCC/C=C\CCCCCCCC(=O)OC(CO)COCCCCCCCCCCCC.CCCCCCCCCCCCCC(=O)OC(C)C.CCCCCCCCCCCCCCCC(=O)OC(C)C. The van der Waals surface area contributed by atoms with Crippen molar-refractivity contribution in [2.75, 3.05) is 19.8 Å². The van der Waals surface area contributed by atoms with Crippen molar-refractivity contribution in [2.45, 2.75) is 395 Å². The zero-order valence-electron chi connectivity index (χ0n) is 53.2. The van der Waals surface area contributed by atoms with E-state index in [1.54, 1.807) is 0 Å². The van der Waals surface area contributed by atoms with E-state index in [1.165, 1.54) is 270 Å². The number of hydrogen-bond acceptors (Lipinski definition) is 8. The summed E-state index contributed by atoms with van der Waals surface area (Å²) in [4.78, 5) is 34.7. The van der Waals surface area contributed by atoms with Crippen molar-refractivity contribution in [2.24, 2.45) is 0 Å². The maximum absolute atomic E-state index is 12.1. The molecule has 0 saturated carbocycles. The van der Waals surface area contributed by atoms with E-state index in [2.05, 4.69) is 39.8 Å². The van der Waals surface area contributed by atoms with Gasteiger partial charge in [-0.3, -0.25) is 14.4 Å². The van der Waals surface area contributed by atoms with Crippen LogP contribution in [0.3, 0.4) is 0 Å². The van der Waals surface area contributed by atoms with Gasteiger partial charge < -0.3 is 24.1 Å². The quantitative estimate of drug-likeness (QED) is 0.0278. The zero-order chi connectivity index (χ0) is 57.2. The van der Waals surface area contributed by atoms with Crippen LogP contribution in [0.25, 0.3) is 0 Å². The van der Waals surface area contributed by atoms with Gasteiger partial charge in [0, 0.05) is 25.9 Å². The number of aliphatic hydroxyl groups is 1. The molecular formula is C69H136O8. The molecule has 1 N–H and O–H groups in total. The summed E-state index contributed by atoms with van der Waals surface area (Å²) in [5, 5.41) is 9.49. The number of rotatable bonds is 58. The van der Waals surface area contributed by atoms with Gasteiger partial charge in [0.2, 0.25) is 0 Å². The van der Waals surface area contributed by atoms with Gasteiger partial charge in [-0.1, -0.05) is 290 Å². The summed E-state index contributed by atoms with van der Waals surface area (Å²) < 4.78 is 21.3. The lowest BCUT2D eigenvalue weighted by Gasteiger charge is -2.15. The van der Waals surface area contributed by atoms with E-state index in [4.69, 9.17) is 18.9 Å². The smallest absolute Gasteiger partial charge is 0.306 e. The molecule has 0 aromatic carbocycles. The molecule has 0 saturated heterocycles. The van der Waals surface area contributed by atoms with Crippen LogP contribution < -0.4 is 0 Å². The van der Waals surface area contributed by atoms with Crippen LogP contribution in [0.2, 0.25) is 0 Å². The van der Waals surface area contributed by atoms with Crippen molar-refractivity contribution >= 4 is 17.9 Å². The van der Waals surface area contributed by atoms with E-state index >= 15 is 0 Å². The molecule has 0 spiro atoms. The average molecular weight is 1090 g/mol. The molecule has 0 aromatic heterocycles. The fourth-order valence-electron chi connectivity index (χ4n) is 9.48. The van der Waals surface area contributed by atoms with Gasteiger partial charge in [-0.05, 0) is 79.1 Å². The summed E-state index contributed by atoms with van der Waals surface area (Å²) in [6.45, 7) is 17.5. The van der Waals surface area contributed by atoms with Crippen LogP contribution in [0.15, 0.2) is 12.2 Å². The third-order valence-electron chi connectivity index (χ3n) is 14.3. The van der Waals surface area contributed by atoms with Gasteiger partial charge in [-0.15, -0.1) is 0 Å². The predicted octanol–water partition coefficient (Wildman–Crippen LogP) is 21.9. The molecular weight excluding hydrogens is 957 g/mol. The topological polar surface area (TPSA) is 108 Å². The Kier molecular flexibility index (Phi) is 72.3. The molecule has 0 amide bonds. The Balaban J connectivity index is -0.00000116. The Bertz CT molecular complexity index is 1170. The van der Waals surface area contributed by atoms with Crippen molar-refractivity contribution in [3.8, 4) is 0 Å². The largest absolute Gasteiger partial charge is 0.463 e. The molecule has 460 valence electrons. The van der Waals surface area contributed by atoms with Crippen molar-refractivity contribution < 1.29 is 38.4 Å². The first-order chi connectivity index (χ1) is 37.6. The standard InChI is InChI=1S/C33H64O4.C19H38O2.C17H34O2/c1-3-5-7-9-11-13-15-16-17-18-19-20-22-24-26-28-33(35)37-32(30-34)31-36-29-27-25-23-21-14-12-10-8-6-4-2;1-4-5-6-7-8-9-10-11-12-13-14-15-16-17-19(20)21-18(2)3;1-4-5-6-7-8-9-10-11-12-13-14-15-17(18)19-16(2)3/h16-17,32,34H,3-15,18-31H2,1-2H3;18H,4-17H2,1-3H3;16H,4-15H2,1-3H3/b17-16-;;. The predicted molar refractivity (Wildman–Crippen MR) is 333 cm³/mol. The van der Waals surface area contributed by atoms with Crippen molar-refractivity contribution in [1.29, 1.82) is 0 Å². The van der Waals surface area contributed by atoms with Crippen molar-refractivity contribution in [3.63, 3.8) is 0 Å². The maximum Gasteiger partial charge on any atom is 0.306 e. The van der Waals surface area contributed by atoms with Crippen LogP contribution in [0.5, 0.6) is 0 Å². The zero-order valence-corrected chi connectivity index (χ0v) is 53.2. The molecule has 0 rings (SSSR count). The highest BCUT2D eigenvalue weighted by atomic mass is 16.6. The summed E-state index contributed by atoms with van der Waals surface area (Å²) in [6, 6.07) is 0. The minimum Gasteiger partial charge on any atom is -0.463 e. The number of esters is 3. The molecule has 0 aromatic rings. The summed E-state index contributed by atoms with van der Waals surface area (Å²) in [5.41, 5.74) is 0. The number of carbonyl (C=O) groups is 3. The van der Waals surface area contributed by atoms with Crippen molar-refractivity contribution in [1.82, 2.24) is 0 Å². The highest BCUT2D eigenvalue weighted by Crippen LogP contribution is 2.16. The number of hydrogen-bond donors (Lipinski definition) is 1. The van der Waals surface area contributed by atoms with Crippen molar-refractivity contribution in [3.05, 3.63) is 12.2 Å². The Morgan fingerprint density at radius 2 is 0.558 bits per heavy atom. The van der Waals surface area contributed by atoms with E-state index in [9.17, 15) is 19.5 Å². The van der Waals surface area contributed by atoms with Gasteiger partial charge in [0.15, 0.2) is 0 Å². The molecule has 0 bridgehead atoms. The Labute approximate surface area is 481 Å². The van der Waals surface area contributed by atoms with Gasteiger partial charge in [-0.2, -0.15) is 0 Å². The van der Waals surface area contributed by atoms with Crippen LogP contribution in [0, 0.1) is 0 Å². The average Bonchev–Trinajstić information content (AvgIpc) is 3.40. The molecule has 8 heteroatoms. The molecule has 0 fully saturated rings. The summed E-state index contributed by atoms with van der Waals surface area (Å²) >= 11 is 0. The van der Waals surface area contributed by atoms with Gasteiger partial charge in [0.1, 0.15) is 6.10 Å². The molecule has 1 atom stereocenters. The molecule has 0 radical (unpaired) electrons. The molecule has 0 heterocycles. The lowest BCUT2D eigenvalue weighted by molar-refractivity contribution is -0.155. The summed E-state index contributed by atoms with van der Waals surface area (Å²) in [5.74, 6) is -0.279. The minimum absolute atomic E-state index is 0.0273. The fraction of sp³-hybridized carbons (Fsp3) is 0.928. The van der Waals surface area contributed by atoms with E-state index in [0.29, 0.717) is 32.5 Å². The van der Waals surface area contributed by atoms with E-state index in [-0.39, 0.29) is 36.7 Å². The highest BCUT2D eigenvalue weighted by molar-refractivity contribution is 5.70. The van der Waals surface area contributed by atoms with Crippen LogP contribution >= 0.6 is 0 Å². The van der Waals surface area contributed by atoms with Gasteiger partial charge in [0.05, 0.1) is 25.4 Å². The van der Waals surface area contributed by atoms with Crippen LogP contribution in [0.1, 0.15) is 376 Å². The number of aliphatic hydroxyl groups excluding tert-OH is 1. The normalized spacial score (nSPS) is 11.7. The number of ether oxygens (including phenoxy) is 4. The second kappa shape index (κ2) is 70.2. The lowest BCUT2D eigenvalue weighted by Crippen LogP contribution is -2.27. The van der Waals surface area contributed by atoms with E-state index < -0.39 is 6.10 Å². The molecule has 8 nitrogen and oxygen atoms in total. The molecule has 0 aliphatic heterocycles. The number of carbonyl (C=O) groups excluding carboxylic acids is 3. The first kappa shape index (κ1) is 79.3. The van der Waals surface area contributed by atoms with E-state index in [1.807, 2.05) is 27.7 Å². The van der Waals surface area contributed by atoms with Crippen LogP contribution in [-0.2, 0) is 33.3 Å². The second-order valence-electron chi connectivity index (χ2n) is 23.2. The van der Waals surface area contributed by atoms with Gasteiger partial charge in [0.25, 0.3) is 0 Å². The van der Waals surface area contributed by atoms with Crippen LogP contribution in [0.4, 0.5) is 0 Å². The number of allylic oxidation sites excluding steroid dienone is 2.